The Morgan fingerprint density at radius 2 is 1.97 bits per heavy atom. The molecular formula is C25H36O4. The maximum Gasteiger partial charge on any atom is 0.227 e. The number of carbonyl (C=O) groups excluding carboxylic acids is 2. The standard InChI is InChI=1S/C25H36O4/c1-6-7-13-29-20-14-19(26)22(27)18(23(20)28)15-25(5)17(3)11-12-24(4)16(2)9-8-10-21(24)25/h9,14,17,21,27H,6-8,10-13,15H2,1-5H3/t17-,21+,24+,25+/m0/s1. The number of Topliss-reactive ketones (excluding diaryl/α,β-unsaturated/α-hetero) is 1. The molecular weight excluding hydrogens is 364 g/mol. The molecule has 0 spiro atoms. The zero-order chi connectivity index (χ0) is 21.4. The van der Waals surface area contributed by atoms with Crippen LogP contribution in [0.15, 0.2) is 34.8 Å². The number of aliphatic hydroxyl groups excluding tert-OH is 1. The molecule has 0 saturated heterocycles. The quantitative estimate of drug-likeness (QED) is 0.346. The molecule has 1 fully saturated rings. The Morgan fingerprint density at radius 3 is 2.66 bits per heavy atom. The first-order chi connectivity index (χ1) is 13.6. The number of hydrogen-bond acceptors (Lipinski definition) is 4. The highest BCUT2D eigenvalue weighted by Gasteiger charge is 2.54. The minimum Gasteiger partial charge on any atom is -0.504 e. The minimum absolute atomic E-state index is 0.0887. The van der Waals surface area contributed by atoms with Crippen molar-refractivity contribution in [1.82, 2.24) is 0 Å². The fourth-order valence-electron chi connectivity index (χ4n) is 5.85. The van der Waals surface area contributed by atoms with E-state index >= 15 is 0 Å². The predicted molar refractivity (Wildman–Crippen MR) is 114 cm³/mol. The molecule has 3 aliphatic rings. The lowest BCUT2D eigenvalue weighted by molar-refractivity contribution is -0.121. The van der Waals surface area contributed by atoms with Crippen LogP contribution in [0.4, 0.5) is 0 Å². The van der Waals surface area contributed by atoms with Gasteiger partial charge in [0, 0.05) is 11.6 Å². The number of rotatable bonds is 6. The van der Waals surface area contributed by atoms with E-state index in [1.165, 1.54) is 5.57 Å². The van der Waals surface area contributed by atoms with E-state index in [0.29, 0.717) is 24.9 Å². The second kappa shape index (κ2) is 8.12. The molecule has 0 aromatic heterocycles. The van der Waals surface area contributed by atoms with Crippen molar-refractivity contribution in [2.75, 3.05) is 6.61 Å². The van der Waals surface area contributed by atoms with E-state index in [9.17, 15) is 14.7 Å². The van der Waals surface area contributed by atoms with Crippen molar-refractivity contribution in [1.29, 1.82) is 0 Å². The van der Waals surface area contributed by atoms with Crippen LogP contribution in [0.5, 0.6) is 0 Å². The highest BCUT2D eigenvalue weighted by molar-refractivity contribution is 6.20. The average Bonchev–Trinajstić information content (AvgIpc) is 2.68. The average molecular weight is 401 g/mol. The Hall–Kier alpha value is -1.84. The number of carbonyl (C=O) groups is 2. The molecule has 4 atom stereocenters. The van der Waals surface area contributed by atoms with Gasteiger partial charge in [-0.2, -0.15) is 0 Å². The molecule has 29 heavy (non-hydrogen) atoms. The van der Waals surface area contributed by atoms with Crippen LogP contribution in [0.25, 0.3) is 0 Å². The molecule has 0 aliphatic heterocycles. The summed E-state index contributed by atoms with van der Waals surface area (Å²) >= 11 is 0. The van der Waals surface area contributed by atoms with Gasteiger partial charge in [0.05, 0.1) is 6.61 Å². The van der Waals surface area contributed by atoms with Crippen LogP contribution < -0.4 is 0 Å². The molecule has 0 aromatic rings. The number of allylic oxidation sites excluding steroid dienone is 4. The van der Waals surface area contributed by atoms with Crippen molar-refractivity contribution in [2.45, 2.75) is 79.6 Å². The number of fused-ring (bicyclic) bond motifs is 1. The van der Waals surface area contributed by atoms with Crippen LogP contribution in [0.1, 0.15) is 79.6 Å². The Morgan fingerprint density at radius 1 is 1.24 bits per heavy atom. The summed E-state index contributed by atoms with van der Waals surface area (Å²) in [5, 5.41) is 10.5. The third-order valence-corrected chi connectivity index (χ3v) is 8.19. The number of ketones is 2. The van der Waals surface area contributed by atoms with Crippen LogP contribution in [0.2, 0.25) is 0 Å². The summed E-state index contributed by atoms with van der Waals surface area (Å²) in [7, 11) is 0. The monoisotopic (exact) mass is 400 g/mol. The fraction of sp³-hybridized carbons (Fsp3) is 0.680. The molecule has 0 amide bonds. The largest absolute Gasteiger partial charge is 0.504 e. The Bertz CT molecular complexity index is 787. The van der Waals surface area contributed by atoms with Gasteiger partial charge in [-0.25, -0.2) is 0 Å². The van der Waals surface area contributed by atoms with Crippen molar-refractivity contribution in [3.8, 4) is 0 Å². The fourth-order valence-corrected chi connectivity index (χ4v) is 5.85. The van der Waals surface area contributed by atoms with Gasteiger partial charge >= 0.3 is 0 Å². The molecule has 3 aliphatic carbocycles. The van der Waals surface area contributed by atoms with E-state index in [0.717, 1.165) is 44.6 Å². The number of ether oxygens (including phenoxy) is 1. The second-order valence-corrected chi connectivity index (χ2v) is 9.79. The van der Waals surface area contributed by atoms with E-state index in [1.807, 2.05) is 6.92 Å². The van der Waals surface area contributed by atoms with Gasteiger partial charge in [0.2, 0.25) is 11.6 Å². The zero-order valence-electron chi connectivity index (χ0n) is 18.6. The van der Waals surface area contributed by atoms with Crippen LogP contribution >= 0.6 is 0 Å². The highest BCUT2D eigenvalue weighted by atomic mass is 16.5. The Kier molecular flexibility index (Phi) is 6.12. The van der Waals surface area contributed by atoms with Crippen molar-refractivity contribution in [3.63, 3.8) is 0 Å². The molecule has 160 valence electrons. The van der Waals surface area contributed by atoms with E-state index in [-0.39, 0.29) is 33.7 Å². The number of aliphatic hydroxyl groups is 1. The maximum atomic E-state index is 13.1. The Balaban J connectivity index is 1.92. The third-order valence-electron chi connectivity index (χ3n) is 8.19. The normalized spacial score (nSPS) is 35.2. The van der Waals surface area contributed by atoms with Crippen LogP contribution in [0, 0.1) is 22.7 Å². The van der Waals surface area contributed by atoms with E-state index in [4.69, 9.17) is 4.74 Å². The van der Waals surface area contributed by atoms with Gasteiger partial charge in [0.15, 0.2) is 11.5 Å². The van der Waals surface area contributed by atoms with Crippen LogP contribution in [-0.2, 0) is 14.3 Å². The third kappa shape index (κ3) is 3.71. The minimum atomic E-state index is -0.513. The number of hydrogen-bond donors (Lipinski definition) is 1. The van der Waals surface area contributed by atoms with E-state index in [2.05, 4.69) is 33.8 Å². The molecule has 0 radical (unpaired) electrons. The smallest absolute Gasteiger partial charge is 0.227 e. The molecule has 1 N–H and O–H groups in total. The topological polar surface area (TPSA) is 63.6 Å². The van der Waals surface area contributed by atoms with Gasteiger partial charge in [-0.15, -0.1) is 0 Å². The lowest BCUT2D eigenvalue weighted by atomic mass is 9.46. The highest BCUT2D eigenvalue weighted by Crippen LogP contribution is 2.62. The number of unbranched alkanes of at least 4 members (excludes halogenated alkanes) is 1. The van der Waals surface area contributed by atoms with Gasteiger partial charge in [-0.3, -0.25) is 9.59 Å². The van der Waals surface area contributed by atoms with Crippen molar-refractivity contribution in [2.24, 2.45) is 22.7 Å². The summed E-state index contributed by atoms with van der Waals surface area (Å²) < 4.78 is 5.61. The summed E-state index contributed by atoms with van der Waals surface area (Å²) in [5.41, 5.74) is 1.65. The first-order valence-corrected chi connectivity index (χ1v) is 11.2. The molecule has 0 bridgehead atoms. The lowest BCUT2D eigenvalue weighted by Crippen LogP contribution is -2.50. The first kappa shape index (κ1) is 21.9. The van der Waals surface area contributed by atoms with Crippen LogP contribution in [-0.4, -0.2) is 23.3 Å². The zero-order valence-corrected chi connectivity index (χ0v) is 18.6. The van der Waals surface area contributed by atoms with Gasteiger partial charge in [-0.05, 0) is 68.1 Å². The van der Waals surface area contributed by atoms with Crippen molar-refractivity contribution >= 4 is 11.6 Å². The van der Waals surface area contributed by atoms with Crippen molar-refractivity contribution in [3.05, 3.63) is 34.8 Å². The molecule has 4 heteroatoms. The summed E-state index contributed by atoms with van der Waals surface area (Å²) in [4.78, 5) is 25.5. The molecule has 0 aromatic carbocycles. The van der Waals surface area contributed by atoms with Gasteiger partial charge in [-0.1, -0.05) is 45.8 Å². The SMILES string of the molecule is CCCCOC1=CC(=O)C(O)=C(C[C@]2(C)[C@@H](C)CC[C@]3(C)C(C)=CCC[C@@H]23)C1=O. The van der Waals surface area contributed by atoms with Gasteiger partial charge in [0.1, 0.15) is 0 Å². The first-order valence-electron chi connectivity index (χ1n) is 11.2. The van der Waals surface area contributed by atoms with Gasteiger partial charge in [0.25, 0.3) is 0 Å². The molecule has 4 nitrogen and oxygen atoms in total. The summed E-state index contributed by atoms with van der Waals surface area (Å²) in [6.07, 6.45) is 10.1. The van der Waals surface area contributed by atoms with E-state index in [1.54, 1.807) is 0 Å². The second-order valence-electron chi connectivity index (χ2n) is 9.79. The summed E-state index contributed by atoms with van der Waals surface area (Å²) in [5.74, 6) is -0.303. The summed E-state index contributed by atoms with van der Waals surface area (Å²) in [6.45, 7) is 11.6. The maximum absolute atomic E-state index is 13.1. The Labute approximate surface area is 175 Å². The van der Waals surface area contributed by atoms with Crippen molar-refractivity contribution < 1.29 is 19.4 Å². The van der Waals surface area contributed by atoms with E-state index < -0.39 is 5.78 Å². The lowest BCUT2D eigenvalue weighted by Gasteiger charge is -2.58. The molecule has 0 unspecified atom stereocenters. The molecule has 1 saturated carbocycles. The molecule has 0 heterocycles. The predicted octanol–water partition coefficient (Wildman–Crippen LogP) is 5.84. The van der Waals surface area contributed by atoms with Crippen LogP contribution in [0.3, 0.4) is 0 Å². The van der Waals surface area contributed by atoms with Gasteiger partial charge < -0.3 is 9.84 Å². The summed E-state index contributed by atoms with van der Waals surface area (Å²) in [6, 6.07) is 0. The molecule has 3 rings (SSSR count).